The molecule has 0 bridgehead atoms. The van der Waals surface area contributed by atoms with E-state index in [4.69, 9.17) is 5.73 Å². The van der Waals surface area contributed by atoms with Gasteiger partial charge in [-0.05, 0) is 96.5 Å². The van der Waals surface area contributed by atoms with Crippen LogP contribution in [0.4, 0.5) is 22.7 Å². The number of non-ortho nitro benzene ring substituents is 1. The van der Waals surface area contributed by atoms with Crippen molar-refractivity contribution in [2.45, 2.75) is 128 Å². The predicted octanol–water partition coefficient (Wildman–Crippen LogP) is 10.0. The van der Waals surface area contributed by atoms with E-state index in [1.807, 2.05) is 95.2 Å². The van der Waals surface area contributed by atoms with Gasteiger partial charge in [0.2, 0.25) is 0 Å². The predicted molar refractivity (Wildman–Crippen MR) is 263 cm³/mol. The molecule has 2 aliphatic rings. The molecule has 0 aromatic heterocycles. The Labute approximate surface area is 383 Å². The normalized spacial score (nSPS) is 24.1. The molecular weight excluding hydrogens is 849 g/mol. The zero-order chi connectivity index (χ0) is 45.8. The van der Waals surface area contributed by atoms with Crippen LogP contribution >= 0.6 is 0 Å². The average molecular weight is 923 g/mol. The van der Waals surface area contributed by atoms with Crippen LogP contribution in [0.1, 0.15) is 128 Å². The molecule has 0 unspecified atom stereocenters. The molecule has 0 radical (unpaired) electrons. The zero-order valence-electron chi connectivity index (χ0n) is 37.5. The third kappa shape index (κ3) is 10.9. The number of benzene rings is 4. The molecule has 6 rings (SSSR count). The first-order valence-electron chi connectivity index (χ1n) is 21.7. The minimum absolute atomic E-state index is 0. The summed E-state index contributed by atoms with van der Waals surface area (Å²) in [5.74, 6) is -1.33. The smallest absolute Gasteiger partial charge is 0.269 e. The third-order valence-electron chi connectivity index (χ3n) is 13.4. The Morgan fingerprint density at radius 2 is 1.06 bits per heavy atom. The van der Waals surface area contributed by atoms with E-state index in [9.17, 15) is 37.2 Å². The number of aliphatic hydroxyl groups is 2. The monoisotopic (exact) mass is 922 g/mol. The molecule has 0 saturated heterocycles. The minimum atomic E-state index is -3.68. The van der Waals surface area contributed by atoms with Gasteiger partial charge in [0, 0.05) is 80.1 Å². The van der Waals surface area contributed by atoms with Crippen LogP contribution in [0.15, 0.2) is 94.7 Å². The maximum absolute atomic E-state index is 13.6. The Bertz CT molecular complexity index is 2440. The van der Waals surface area contributed by atoms with Crippen LogP contribution in [-0.2, 0) is 19.7 Å². The van der Waals surface area contributed by atoms with Crippen LogP contribution in [0.3, 0.4) is 0 Å². The first kappa shape index (κ1) is 53.8. The number of unbranched alkanes of at least 4 members (excludes halogenated alkanes) is 2. The second kappa shape index (κ2) is 21.7. The number of nitro groups is 1. The number of nitro benzene ring substituents is 1. The molecule has 2 aliphatic heterocycles. The maximum Gasteiger partial charge on any atom is 0.269 e. The van der Waals surface area contributed by atoms with Crippen LogP contribution in [0.25, 0.3) is 0 Å². The molecule has 64 heavy (non-hydrogen) atoms. The van der Waals surface area contributed by atoms with Gasteiger partial charge in [0.05, 0.1) is 38.4 Å². The summed E-state index contributed by atoms with van der Waals surface area (Å²) in [5, 5.41) is 35.1. The number of nitrogens with two attached hydrogens (primary N) is 1. The van der Waals surface area contributed by atoms with Crippen molar-refractivity contribution >= 4 is 42.4 Å². The van der Waals surface area contributed by atoms with Crippen LogP contribution < -0.4 is 15.5 Å². The lowest BCUT2D eigenvalue weighted by molar-refractivity contribution is -0.384. The molecule has 0 spiro atoms. The highest BCUT2D eigenvalue weighted by Crippen LogP contribution is 2.51. The molecule has 0 aliphatic carbocycles. The van der Waals surface area contributed by atoms with Crippen LogP contribution in [0.2, 0.25) is 0 Å². The van der Waals surface area contributed by atoms with Crippen molar-refractivity contribution in [2.75, 3.05) is 55.2 Å². The quantitative estimate of drug-likeness (QED) is 0.0659. The van der Waals surface area contributed by atoms with Gasteiger partial charge < -0.3 is 25.7 Å². The van der Waals surface area contributed by atoms with E-state index in [2.05, 4.69) is 6.92 Å². The van der Waals surface area contributed by atoms with Gasteiger partial charge in [0.15, 0.2) is 19.7 Å². The molecule has 0 fully saturated rings. The van der Waals surface area contributed by atoms with Gasteiger partial charge in [0.25, 0.3) is 5.69 Å². The van der Waals surface area contributed by atoms with E-state index in [0.29, 0.717) is 53.0 Å². The number of anilines is 3. The highest BCUT2D eigenvalue weighted by Gasteiger charge is 2.50. The molecular formula is C50H74N4O8S2. The standard InChI is InChI=1S/C24H32N2O5S.C24H34N2O3S.2CH4/c1-5-7-13-24(6-2)16-32(30,31)21-12-11-18(25(3)4)15-20(21)22(23(24)27)17-9-8-10-19(14-17)26(28)29;1-5-7-13-24(6-2)16-30(28,29)21-12-11-19(26(3)4)15-20(21)22(23(24)27)17-9-8-10-18(25)14-17;;/h8-12,14-15,22-23,27H,5-7,13,16H2,1-4H3;8-12,14-15,22-23,27H,5-7,13,16,25H2,1-4H3;2*1H4/t2*22-,23-,24-;;/m11../s1. The van der Waals surface area contributed by atoms with Gasteiger partial charge >= 0.3 is 0 Å². The summed E-state index contributed by atoms with van der Waals surface area (Å²) in [6.45, 7) is 8.04. The van der Waals surface area contributed by atoms with Gasteiger partial charge in [0.1, 0.15) is 0 Å². The van der Waals surface area contributed by atoms with Crippen LogP contribution in [-0.4, -0.2) is 83.9 Å². The SMILES string of the molecule is C.C.CCCC[C@]1(CC)CS(=O)(=O)c2ccc(N(C)C)cc2[C@@H](c2cccc(N)c2)[C@H]1O.CCCC[C@]1(CC)CS(=O)(=O)c2ccc(N(C)C)cc2[C@@H](c2cccc([N+](=O)[O-])c2)[C@H]1O. The van der Waals surface area contributed by atoms with Crippen molar-refractivity contribution in [3.05, 3.63) is 117 Å². The largest absolute Gasteiger partial charge is 0.399 e. The van der Waals surface area contributed by atoms with Crippen LogP contribution in [0, 0.1) is 20.9 Å². The second-order valence-corrected chi connectivity index (χ2v) is 21.7. The highest BCUT2D eigenvalue weighted by atomic mass is 32.2. The Kier molecular flexibility index (Phi) is 18.2. The van der Waals surface area contributed by atoms with Crippen molar-refractivity contribution in [1.29, 1.82) is 0 Å². The summed E-state index contributed by atoms with van der Waals surface area (Å²) in [6, 6.07) is 24.3. The van der Waals surface area contributed by atoms with E-state index in [1.165, 1.54) is 12.1 Å². The number of hydrogen-bond donors (Lipinski definition) is 3. The number of nitrogens with zero attached hydrogens (tertiary/aromatic N) is 3. The van der Waals surface area contributed by atoms with Crippen molar-refractivity contribution < 1.29 is 32.0 Å². The number of sulfone groups is 2. The maximum atomic E-state index is 13.6. The first-order valence-corrected chi connectivity index (χ1v) is 25.1. The highest BCUT2D eigenvalue weighted by molar-refractivity contribution is 7.91. The number of aliphatic hydroxyl groups excluding tert-OH is 2. The van der Waals surface area contributed by atoms with E-state index in [0.717, 1.165) is 42.6 Å². The van der Waals surface area contributed by atoms with Gasteiger partial charge in [-0.15, -0.1) is 0 Å². The van der Waals surface area contributed by atoms with E-state index in [1.54, 1.807) is 36.4 Å². The summed E-state index contributed by atoms with van der Waals surface area (Å²) < 4.78 is 54.3. The molecule has 0 saturated carbocycles. The summed E-state index contributed by atoms with van der Waals surface area (Å²) in [7, 11) is 0.334. The van der Waals surface area contributed by atoms with E-state index in [-0.39, 0.29) is 36.9 Å². The Morgan fingerprint density at radius 1 is 0.656 bits per heavy atom. The number of rotatable bonds is 13. The van der Waals surface area contributed by atoms with Gasteiger partial charge in [-0.2, -0.15) is 0 Å². The molecule has 354 valence electrons. The molecule has 4 N–H and O–H groups in total. The summed E-state index contributed by atoms with van der Waals surface area (Å²) in [5.41, 5.74) is 9.31. The van der Waals surface area contributed by atoms with Gasteiger partial charge in [-0.25, -0.2) is 16.8 Å². The lowest BCUT2D eigenvalue weighted by Crippen LogP contribution is -2.42. The topological polar surface area (TPSA) is 184 Å². The lowest BCUT2D eigenvalue weighted by atomic mass is 9.69. The molecule has 2 heterocycles. The molecule has 12 nitrogen and oxygen atoms in total. The Morgan fingerprint density at radius 3 is 1.42 bits per heavy atom. The fourth-order valence-corrected chi connectivity index (χ4v) is 14.1. The molecule has 6 atom stereocenters. The van der Waals surface area contributed by atoms with Crippen molar-refractivity contribution in [1.82, 2.24) is 0 Å². The third-order valence-corrected chi connectivity index (χ3v) is 17.4. The molecule has 4 aromatic carbocycles. The van der Waals surface area contributed by atoms with Gasteiger partial charge in [-0.1, -0.05) is 92.5 Å². The van der Waals surface area contributed by atoms with E-state index >= 15 is 0 Å². The number of nitrogen functional groups attached to an aromatic ring is 1. The van der Waals surface area contributed by atoms with Gasteiger partial charge in [-0.3, -0.25) is 10.1 Å². The Hall–Kier alpha value is -4.50. The van der Waals surface area contributed by atoms with E-state index < -0.39 is 59.5 Å². The fraction of sp³-hybridized carbons (Fsp3) is 0.520. The lowest BCUT2D eigenvalue weighted by Gasteiger charge is -2.39. The zero-order valence-corrected chi connectivity index (χ0v) is 39.2. The summed E-state index contributed by atoms with van der Waals surface area (Å²) >= 11 is 0. The summed E-state index contributed by atoms with van der Waals surface area (Å²) in [4.78, 5) is 15.3. The average Bonchev–Trinajstić information content (AvgIpc) is 3.36. The second-order valence-electron chi connectivity index (χ2n) is 17.8. The minimum Gasteiger partial charge on any atom is -0.399 e. The molecule has 4 aromatic rings. The Balaban J connectivity index is 0.000000331. The summed E-state index contributed by atoms with van der Waals surface area (Å²) in [6.07, 6.45) is 4.01. The van der Waals surface area contributed by atoms with Crippen molar-refractivity contribution in [3.63, 3.8) is 0 Å². The van der Waals surface area contributed by atoms with Crippen molar-refractivity contribution in [2.24, 2.45) is 10.8 Å². The first-order chi connectivity index (χ1) is 29.2. The molecule has 0 amide bonds. The number of hydrogen-bond acceptors (Lipinski definition) is 11. The number of fused-ring (bicyclic) bond motifs is 2. The molecule has 14 heteroatoms. The van der Waals surface area contributed by atoms with Crippen molar-refractivity contribution in [3.8, 4) is 0 Å². The fourth-order valence-electron chi connectivity index (χ4n) is 9.59. The van der Waals surface area contributed by atoms with Crippen LogP contribution in [0.5, 0.6) is 0 Å².